The molecule has 0 radical (unpaired) electrons. The van der Waals surface area contributed by atoms with Crippen LogP contribution >= 0.6 is 0 Å². The van der Waals surface area contributed by atoms with Crippen LogP contribution in [0.25, 0.3) is 0 Å². The van der Waals surface area contributed by atoms with Crippen molar-refractivity contribution < 1.29 is 5.11 Å². The summed E-state index contributed by atoms with van der Waals surface area (Å²) in [7, 11) is 0. The van der Waals surface area contributed by atoms with Crippen molar-refractivity contribution in [2.75, 3.05) is 26.2 Å². The fourth-order valence-corrected chi connectivity index (χ4v) is 2.48. The Morgan fingerprint density at radius 2 is 1.80 bits per heavy atom. The highest BCUT2D eigenvalue weighted by Gasteiger charge is 2.28. The molecule has 1 aliphatic heterocycles. The summed E-state index contributed by atoms with van der Waals surface area (Å²) in [6.45, 7) is 13.0. The highest BCUT2D eigenvalue weighted by atomic mass is 16.3. The van der Waals surface area contributed by atoms with Crippen molar-refractivity contribution in [3.05, 3.63) is 0 Å². The van der Waals surface area contributed by atoms with E-state index in [1.165, 1.54) is 25.9 Å². The normalized spacial score (nSPS) is 23.0. The van der Waals surface area contributed by atoms with E-state index in [9.17, 15) is 0 Å². The predicted octanol–water partition coefficient (Wildman–Crippen LogP) is 2.37. The molecule has 1 atom stereocenters. The van der Waals surface area contributed by atoms with Crippen LogP contribution in [-0.2, 0) is 0 Å². The first-order chi connectivity index (χ1) is 6.93. The Morgan fingerprint density at radius 3 is 2.20 bits per heavy atom. The first-order valence-electron chi connectivity index (χ1n) is 6.26. The summed E-state index contributed by atoms with van der Waals surface area (Å²) in [6, 6.07) is 0. The summed E-state index contributed by atoms with van der Waals surface area (Å²) in [6.07, 6.45) is 2.64. The van der Waals surface area contributed by atoms with Gasteiger partial charge in [-0.15, -0.1) is 0 Å². The Hall–Kier alpha value is -0.0800. The maximum atomic E-state index is 9.02. The lowest BCUT2D eigenvalue weighted by atomic mass is 9.75. The monoisotopic (exact) mass is 213 g/mol. The van der Waals surface area contributed by atoms with Crippen LogP contribution in [0.3, 0.4) is 0 Å². The van der Waals surface area contributed by atoms with Gasteiger partial charge in [0.25, 0.3) is 0 Å². The maximum Gasteiger partial charge on any atom is 0.0468 e. The van der Waals surface area contributed by atoms with E-state index in [-0.39, 0.29) is 0 Å². The van der Waals surface area contributed by atoms with E-state index in [1.54, 1.807) is 0 Å². The first-order valence-corrected chi connectivity index (χ1v) is 6.26. The van der Waals surface area contributed by atoms with Crippen molar-refractivity contribution in [2.24, 2.45) is 17.3 Å². The minimum atomic E-state index is 0.319. The van der Waals surface area contributed by atoms with Gasteiger partial charge in [-0.2, -0.15) is 0 Å². The zero-order valence-corrected chi connectivity index (χ0v) is 10.8. The molecule has 0 amide bonds. The zero-order valence-electron chi connectivity index (χ0n) is 10.8. The number of likely N-dealkylation sites (tertiary alicyclic amines) is 1. The van der Waals surface area contributed by atoms with E-state index >= 15 is 0 Å². The van der Waals surface area contributed by atoms with Crippen LogP contribution in [0.5, 0.6) is 0 Å². The average Bonchev–Trinajstić information content (AvgIpc) is 2.17. The van der Waals surface area contributed by atoms with Crippen LogP contribution < -0.4 is 0 Å². The average molecular weight is 213 g/mol. The van der Waals surface area contributed by atoms with Crippen LogP contribution in [0.1, 0.15) is 40.5 Å². The van der Waals surface area contributed by atoms with Gasteiger partial charge in [-0.3, -0.25) is 0 Å². The Kier molecular flexibility index (Phi) is 4.60. The molecule has 2 heteroatoms. The van der Waals surface area contributed by atoms with Gasteiger partial charge >= 0.3 is 0 Å². The second kappa shape index (κ2) is 5.31. The van der Waals surface area contributed by atoms with Crippen molar-refractivity contribution >= 4 is 0 Å². The molecule has 1 unspecified atom stereocenters. The number of aliphatic hydroxyl groups excluding tert-OH is 1. The molecule has 1 N–H and O–H groups in total. The van der Waals surface area contributed by atoms with Gasteiger partial charge in [-0.05, 0) is 43.2 Å². The number of aliphatic hydroxyl groups is 1. The molecule has 0 bridgehead atoms. The minimum Gasteiger partial charge on any atom is -0.396 e. The van der Waals surface area contributed by atoms with Crippen LogP contribution in [0.15, 0.2) is 0 Å². The molecule has 1 fully saturated rings. The molecule has 1 rings (SSSR count). The summed E-state index contributed by atoms with van der Waals surface area (Å²) in [5.74, 6) is 1.30. The van der Waals surface area contributed by atoms with Gasteiger partial charge in [0.2, 0.25) is 0 Å². The topological polar surface area (TPSA) is 23.5 Å². The fraction of sp³-hybridized carbons (Fsp3) is 1.00. The van der Waals surface area contributed by atoms with E-state index in [1.807, 2.05) is 0 Å². The second-order valence-electron chi connectivity index (χ2n) is 6.23. The summed E-state index contributed by atoms with van der Waals surface area (Å²) >= 11 is 0. The van der Waals surface area contributed by atoms with Crippen molar-refractivity contribution in [3.8, 4) is 0 Å². The second-order valence-corrected chi connectivity index (χ2v) is 6.23. The lowest BCUT2D eigenvalue weighted by Crippen LogP contribution is -2.40. The van der Waals surface area contributed by atoms with Crippen molar-refractivity contribution in [2.45, 2.75) is 40.5 Å². The standard InChI is InChI=1S/C13H27NO/c1-11(10-15)9-14-7-5-12(6-8-14)13(2,3)4/h11-12,15H,5-10H2,1-4H3. The SMILES string of the molecule is CC(CO)CN1CCC(C(C)(C)C)CC1. The number of nitrogens with zero attached hydrogens (tertiary/aromatic N) is 1. The lowest BCUT2D eigenvalue weighted by Gasteiger charge is -2.39. The number of rotatable bonds is 3. The molecular weight excluding hydrogens is 186 g/mol. The number of hydrogen-bond acceptors (Lipinski definition) is 2. The van der Waals surface area contributed by atoms with E-state index < -0.39 is 0 Å². The Bertz CT molecular complexity index is 177. The number of piperidine rings is 1. The number of hydrogen-bond donors (Lipinski definition) is 1. The van der Waals surface area contributed by atoms with E-state index in [0.717, 1.165) is 12.5 Å². The molecule has 15 heavy (non-hydrogen) atoms. The molecule has 1 saturated heterocycles. The molecule has 2 nitrogen and oxygen atoms in total. The lowest BCUT2D eigenvalue weighted by molar-refractivity contribution is 0.0920. The molecule has 0 aromatic rings. The third-order valence-electron chi connectivity index (χ3n) is 3.69. The quantitative estimate of drug-likeness (QED) is 0.778. The van der Waals surface area contributed by atoms with Crippen LogP contribution in [0, 0.1) is 17.3 Å². The molecular formula is C13H27NO. The van der Waals surface area contributed by atoms with Crippen molar-refractivity contribution in [1.82, 2.24) is 4.90 Å². The molecule has 0 aromatic heterocycles. The molecule has 90 valence electrons. The van der Waals surface area contributed by atoms with Crippen molar-refractivity contribution in [1.29, 1.82) is 0 Å². The molecule has 0 aliphatic carbocycles. The van der Waals surface area contributed by atoms with E-state index in [4.69, 9.17) is 5.11 Å². The van der Waals surface area contributed by atoms with Gasteiger partial charge in [0.15, 0.2) is 0 Å². The Morgan fingerprint density at radius 1 is 1.27 bits per heavy atom. The summed E-state index contributed by atoms with van der Waals surface area (Å²) in [4.78, 5) is 2.50. The van der Waals surface area contributed by atoms with Crippen molar-refractivity contribution in [3.63, 3.8) is 0 Å². The molecule has 0 saturated carbocycles. The van der Waals surface area contributed by atoms with Gasteiger partial charge < -0.3 is 10.0 Å². The smallest absolute Gasteiger partial charge is 0.0468 e. The van der Waals surface area contributed by atoms with Crippen LogP contribution in [-0.4, -0.2) is 36.2 Å². The zero-order chi connectivity index (χ0) is 11.5. The van der Waals surface area contributed by atoms with Crippen LogP contribution in [0.2, 0.25) is 0 Å². The highest BCUT2D eigenvalue weighted by Crippen LogP contribution is 2.34. The van der Waals surface area contributed by atoms with E-state index in [2.05, 4.69) is 32.6 Å². The molecule has 1 heterocycles. The van der Waals surface area contributed by atoms with Gasteiger partial charge in [0, 0.05) is 13.2 Å². The first kappa shape index (κ1) is 13.0. The van der Waals surface area contributed by atoms with E-state index in [0.29, 0.717) is 17.9 Å². The molecule has 0 aromatic carbocycles. The highest BCUT2D eigenvalue weighted by molar-refractivity contribution is 4.81. The van der Waals surface area contributed by atoms with Gasteiger partial charge in [-0.1, -0.05) is 27.7 Å². The third kappa shape index (κ3) is 4.12. The molecule has 1 aliphatic rings. The predicted molar refractivity (Wildman–Crippen MR) is 64.9 cm³/mol. The summed E-state index contributed by atoms with van der Waals surface area (Å²) in [5, 5.41) is 9.02. The van der Waals surface area contributed by atoms with Crippen LogP contribution in [0.4, 0.5) is 0 Å². The Labute approximate surface area is 94.7 Å². The molecule has 0 spiro atoms. The van der Waals surface area contributed by atoms with Gasteiger partial charge in [0.1, 0.15) is 0 Å². The Balaban J connectivity index is 2.30. The summed E-state index contributed by atoms with van der Waals surface area (Å²) < 4.78 is 0. The largest absolute Gasteiger partial charge is 0.396 e. The minimum absolute atomic E-state index is 0.319. The van der Waals surface area contributed by atoms with Gasteiger partial charge in [0.05, 0.1) is 0 Å². The van der Waals surface area contributed by atoms with Gasteiger partial charge in [-0.25, -0.2) is 0 Å². The fourth-order valence-electron chi connectivity index (χ4n) is 2.48. The third-order valence-corrected chi connectivity index (χ3v) is 3.69. The summed E-state index contributed by atoms with van der Waals surface area (Å²) in [5.41, 5.74) is 0.467. The maximum absolute atomic E-state index is 9.02.